The minimum Gasteiger partial charge on any atom is -0.369 e. The van der Waals surface area contributed by atoms with Crippen LogP contribution in [-0.4, -0.2) is 92.1 Å². The molecule has 0 saturated carbocycles. The van der Waals surface area contributed by atoms with E-state index in [4.69, 9.17) is 0 Å². The second-order valence-corrected chi connectivity index (χ2v) is 10.5. The maximum absolute atomic E-state index is 4.50. The van der Waals surface area contributed by atoms with Gasteiger partial charge in [-0.05, 0) is 30.3 Å². The monoisotopic (exact) mass is 590 g/mol. The number of piperazine rings is 2. The molecule has 2 aliphatic rings. The zero-order valence-electron chi connectivity index (χ0n) is 24.2. The van der Waals surface area contributed by atoms with E-state index in [1.807, 2.05) is 55.0 Å². The lowest BCUT2D eigenvalue weighted by Crippen LogP contribution is -2.43. The number of nitrogens with one attached hydrogen (secondary N) is 5. The van der Waals surface area contributed by atoms with Crippen LogP contribution in [0.3, 0.4) is 0 Å². The van der Waals surface area contributed by atoms with Crippen LogP contribution in [0.15, 0.2) is 79.5 Å². The van der Waals surface area contributed by atoms with Gasteiger partial charge in [0.1, 0.15) is 28.8 Å². The Morgan fingerprint density at radius 1 is 0.636 bits per heavy atom. The van der Waals surface area contributed by atoms with Gasteiger partial charge in [-0.1, -0.05) is 0 Å². The number of hydrogen-bond acceptors (Lipinski definition) is 12. The Labute approximate surface area is 253 Å². The minimum absolute atomic E-state index is 0.762. The van der Waals surface area contributed by atoms with Crippen molar-refractivity contribution in [1.29, 1.82) is 0 Å². The van der Waals surface area contributed by atoms with Crippen molar-refractivity contribution in [2.75, 3.05) is 72.8 Å². The quantitative estimate of drug-likeness (QED) is 0.194. The first-order valence-corrected chi connectivity index (χ1v) is 14.7. The number of aromatic amines is 1. The second-order valence-electron chi connectivity index (χ2n) is 10.5. The highest BCUT2D eigenvalue weighted by Gasteiger charge is 2.12. The SMILES string of the molecule is c1cc(N2CCNCC2)cc(Nc2ccc3[nH]ncc3n2)n1.c1cc(N2CCNCC2)cc(Nc2ccn3nccc3n2)n1. The Morgan fingerprint density at radius 3 is 1.93 bits per heavy atom. The van der Waals surface area contributed by atoms with Crippen LogP contribution in [0.1, 0.15) is 0 Å². The number of fused-ring (bicyclic) bond motifs is 2. The molecule has 0 radical (unpaired) electrons. The Morgan fingerprint density at radius 2 is 1.27 bits per heavy atom. The van der Waals surface area contributed by atoms with E-state index < -0.39 is 0 Å². The van der Waals surface area contributed by atoms with Crippen molar-refractivity contribution >= 4 is 51.3 Å². The van der Waals surface area contributed by atoms with Crippen LogP contribution in [0.25, 0.3) is 16.7 Å². The molecule has 5 N–H and O–H groups in total. The van der Waals surface area contributed by atoms with E-state index in [0.29, 0.717) is 0 Å². The molecular formula is C30H34N14. The van der Waals surface area contributed by atoms with E-state index >= 15 is 0 Å². The fourth-order valence-electron chi connectivity index (χ4n) is 5.26. The summed E-state index contributed by atoms with van der Waals surface area (Å²) in [5.74, 6) is 3.12. The molecule has 0 amide bonds. The third-order valence-corrected chi connectivity index (χ3v) is 7.52. The van der Waals surface area contributed by atoms with Crippen molar-refractivity contribution in [3.05, 3.63) is 79.5 Å². The molecule has 224 valence electrons. The Bertz CT molecular complexity index is 1690. The fourth-order valence-corrected chi connectivity index (χ4v) is 5.26. The zero-order chi connectivity index (χ0) is 29.6. The fraction of sp³-hybridized carbons (Fsp3) is 0.267. The number of anilines is 6. The minimum atomic E-state index is 0.762. The molecule has 0 bridgehead atoms. The highest BCUT2D eigenvalue weighted by Crippen LogP contribution is 2.22. The van der Waals surface area contributed by atoms with Crippen LogP contribution in [0.2, 0.25) is 0 Å². The third-order valence-electron chi connectivity index (χ3n) is 7.52. The largest absolute Gasteiger partial charge is 0.369 e. The summed E-state index contributed by atoms with van der Waals surface area (Å²) >= 11 is 0. The van der Waals surface area contributed by atoms with Gasteiger partial charge in [-0.3, -0.25) is 5.10 Å². The van der Waals surface area contributed by atoms with Gasteiger partial charge in [0.25, 0.3) is 0 Å². The standard InChI is InChI=1S/2C15H17N7/c1-4-17-14(11-12(1)21-9-6-16-7-10-21)19-13-3-8-22-15(20-13)2-5-18-22;1-2-14(19-13-10-18-21-12(1)13)20-15-9-11(3-4-17-15)22-7-5-16-6-8-22/h1-5,8,11,16H,6-7,9-10H2,(H,17,19,20);1-4,9-10,16H,5-8H2,(H,18,21)(H,17,19,20). The highest BCUT2D eigenvalue weighted by molar-refractivity contribution is 5.76. The first-order chi connectivity index (χ1) is 21.8. The smallest absolute Gasteiger partial charge is 0.157 e. The number of rotatable bonds is 6. The molecule has 6 aromatic rings. The number of H-pyrrole nitrogens is 1. The molecule has 14 nitrogen and oxygen atoms in total. The van der Waals surface area contributed by atoms with Gasteiger partial charge < -0.3 is 31.1 Å². The molecule has 0 aromatic carbocycles. The first-order valence-electron chi connectivity index (χ1n) is 14.7. The molecule has 2 fully saturated rings. The van der Waals surface area contributed by atoms with E-state index in [1.54, 1.807) is 16.9 Å². The van der Waals surface area contributed by atoms with Gasteiger partial charge in [-0.15, -0.1) is 0 Å². The van der Waals surface area contributed by atoms with E-state index in [-0.39, 0.29) is 0 Å². The molecule has 0 unspecified atom stereocenters. The van der Waals surface area contributed by atoms with E-state index in [0.717, 1.165) is 92.3 Å². The molecule has 2 saturated heterocycles. The molecule has 0 aliphatic carbocycles. The molecule has 2 aliphatic heterocycles. The van der Waals surface area contributed by atoms with Crippen LogP contribution >= 0.6 is 0 Å². The summed E-state index contributed by atoms with van der Waals surface area (Å²) in [5.41, 5.74) is 4.94. The lowest BCUT2D eigenvalue weighted by molar-refractivity contribution is 0.589. The molecule has 14 heteroatoms. The number of pyridine rings is 3. The van der Waals surface area contributed by atoms with E-state index in [9.17, 15) is 0 Å². The summed E-state index contributed by atoms with van der Waals surface area (Å²) in [6, 6.07) is 15.8. The normalized spacial score (nSPS) is 15.2. The summed E-state index contributed by atoms with van der Waals surface area (Å²) < 4.78 is 1.73. The van der Waals surface area contributed by atoms with Crippen molar-refractivity contribution in [2.24, 2.45) is 0 Å². The predicted molar refractivity (Wildman–Crippen MR) is 172 cm³/mol. The van der Waals surface area contributed by atoms with Crippen molar-refractivity contribution in [3.63, 3.8) is 0 Å². The van der Waals surface area contributed by atoms with Crippen LogP contribution in [0.5, 0.6) is 0 Å². The number of nitrogens with zero attached hydrogens (tertiary/aromatic N) is 9. The molecule has 0 atom stereocenters. The Kier molecular flexibility index (Phi) is 8.05. The zero-order valence-corrected chi connectivity index (χ0v) is 24.2. The van der Waals surface area contributed by atoms with Crippen LogP contribution in [0.4, 0.5) is 34.6 Å². The van der Waals surface area contributed by atoms with Gasteiger partial charge >= 0.3 is 0 Å². The first kappa shape index (κ1) is 27.5. The summed E-state index contributed by atoms with van der Waals surface area (Å²) in [5, 5.41) is 24.3. The van der Waals surface area contributed by atoms with Crippen LogP contribution < -0.4 is 31.1 Å². The second kappa shape index (κ2) is 12.9. The van der Waals surface area contributed by atoms with Crippen molar-refractivity contribution in [3.8, 4) is 0 Å². The molecular weight excluding hydrogens is 556 g/mol. The van der Waals surface area contributed by atoms with Crippen molar-refractivity contribution < 1.29 is 0 Å². The molecule has 6 aromatic heterocycles. The molecule has 8 rings (SSSR count). The van der Waals surface area contributed by atoms with Gasteiger partial charge in [0, 0.05) is 101 Å². The summed E-state index contributed by atoms with van der Waals surface area (Å²) in [4.78, 5) is 22.5. The maximum atomic E-state index is 4.50. The van der Waals surface area contributed by atoms with Gasteiger partial charge in [0.05, 0.1) is 17.9 Å². The molecule has 44 heavy (non-hydrogen) atoms. The van der Waals surface area contributed by atoms with Crippen molar-refractivity contribution in [2.45, 2.75) is 0 Å². The number of hydrogen-bond donors (Lipinski definition) is 5. The van der Waals surface area contributed by atoms with Crippen LogP contribution in [-0.2, 0) is 0 Å². The lowest BCUT2D eigenvalue weighted by atomic mass is 10.3. The average molecular weight is 591 g/mol. The van der Waals surface area contributed by atoms with Gasteiger partial charge in [-0.2, -0.15) is 10.2 Å². The van der Waals surface area contributed by atoms with Gasteiger partial charge in [-0.25, -0.2) is 24.5 Å². The summed E-state index contributed by atoms with van der Waals surface area (Å²) in [6.45, 7) is 8.14. The lowest BCUT2D eigenvalue weighted by Gasteiger charge is -2.29. The highest BCUT2D eigenvalue weighted by atomic mass is 15.3. The maximum Gasteiger partial charge on any atom is 0.157 e. The Balaban J connectivity index is 0.000000142. The van der Waals surface area contributed by atoms with Gasteiger partial charge in [0.15, 0.2) is 5.65 Å². The van der Waals surface area contributed by atoms with Crippen LogP contribution in [0, 0.1) is 0 Å². The topological polar surface area (TPSA) is 152 Å². The molecule has 8 heterocycles. The third kappa shape index (κ3) is 6.50. The summed E-state index contributed by atoms with van der Waals surface area (Å²) in [6.07, 6.45) is 8.98. The summed E-state index contributed by atoms with van der Waals surface area (Å²) in [7, 11) is 0. The van der Waals surface area contributed by atoms with Crippen molar-refractivity contribution in [1.82, 2.24) is 50.4 Å². The Hall–Kier alpha value is -5.34. The predicted octanol–water partition coefficient (Wildman–Crippen LogP) is 2.78. The number of aromatic nitrogens is 8. The average Bonchev–Trinajstić information content (AvgIpc) is 3.75. The molecule has 0 spiro atoms. The van der Waals surface area contributed by atoms with E-state index in [2.05, 4.69) is 78.4 Å². The van der Waals surface area contributed by atoms with Gasteiger partial charge in [0.2, 0.25) is 0 Å². The van der Waals surface area contributed by atoms with E-state index in [1.165, 1.54) is 11.4 Å².